The normalized spacial score (nSPS) is 10.3. The molecule has 0 spiro atoms. The lowest BCUT2D eigenvalue weighted by atomic mass is 10.2. The summed E-state index contributed by atoms with van der Waals surface area (Å²) in [7, 11) is 0. The van der Waals surface area contributed by atoms with Crippen LogP contribution in [0.2, 0.25) is 0 Å². The van der Waals surface area contributed by atoms with Crippen molar-refractivity contribution in [1.82, 2.24) is 20.8 Å². The van der Waals surface area contributed by atoms with Crippen molar-refractivity contribution in [3.63, 3.8) is 0 Å². The zero-order valence-corrected chi connectivity index (χ0v) is 9.92. The summed E-state index contributed by atoms with van der Waals surface area (Å²) in [5.41, 5.74) is 8.16. The molecule has 1 aromatic heterocycles. The third-order valence-corrected chi connectivity index (χ3v) is 2.69. The van der Waals surface area contributed by atoms with E-state index >= 15 is 0 Å². The predicted octanol–water partition coefficient (Wildman–Crippen LogP) is 1.71. The van der Waals surface area contributed by atoms with E-state index in [0.717, 1.165) is 5.52 Å². The van der Waals surface area contributed by atoms with E-state index in [4.69, 9.17) is 0 Å². The van der Waals surface area contributed by atoms with E-state index in [1.165, 1.54) is 0 Å². The zero-order valence-electron chi connectivity index (χ0n) is 9.92. The highest BCUT2D eigenvalue weighted by atomic mass is 16.2. The standard InChI is InChI=1S/C13H11N5O/c19-13(9-5-2-1-3-6-9)17-14-10-7-4-8-11-12(10)16-18-15-11/h1-8,14H,(H,17,19)(H,15,16,18). The SMILES string of the molecule is O=C(NNc1cccc2n[nH]nc12)c1ccccc1. The average Bonchev–Trinajstić information content (AvgIpc) is 2.94. The van der Waals surface area contributed by atoms with Gasteiger partial charge in [0.15, 0.2) is 0 Å². The van der Waals surface area contributed by atoms with Crippen LogP contribution in [0, 0.1) is 0 Å². The number of para-hydroxylation sites is 1. The van der Waals surface area contributed by atoms with Gasteiger partial charge >= 0.3 is 0 Å². The molecule has 1 amide bonds. The fourth-order valence-electron chi connectivity index (χ4n) is 1.75. The Morgan fingerprint density at radius 1 is 1.00 bits per heavy atom. The first kappa shape index (κ1) is 11.2. The van der Waals surface area contributed by atoms with E-state index in [1.54, 1.807) is 12.1 Å². The minimum Gasteiger partial charge on any atom is -0.296 e. The molecule has 2 aromatic carbocycles. The number of amides is 1. The number of nitrogens with one attached hydrogen (secondary N) is 3. The molecule has 3 N–H and O–H groups in total. The molecule has 0 unspecified atom stereocenters. The molecular formula is C13H11N5O. The minimum atomic E-state index is -0.207. The third-order valence-electron chi connectivity index (χ3n) is 2.69. The smallest absolute Gasteiger partial charge is 0.269 e. The highest BCUT2D eigenvalue weighted by molar-refractivity contribution is 5.96. The van der Waals surface area contributed by atoms with Crippen LogP contribution < -0.4 is 10.9 Å². The number of fused-ring (bicyclic) bond motifs is 1. The Labute approximate surface area is 108 Å². The van der Waals surface area contributed by atoms with E-state index in [1.807, 2.05) is 36.4 Å². The van der Waals surface area contributed by atoms with Crippen molar-refractivity contribution in [1.29, 1.82) is 0 Å². The number of hydrogen-bond acceptors (Lipinski definition) is 4. The number of nitrogens with zero attached hydrogens (tertiary/aromatic N) is 2. The molecule has 0 aliphatic rings. The van der Waals surface area contributed by atoms with Gasteiger partial charge in [0.25, 0.3) is 5.91 Å². The number of aromatic amines is 1. The Balaban J connectivity index is 1.76. The van der Waals surface area contributed by atoms with Gasteiger partial charge in [-0.05, 0) is 24.3 Å². The Morgan fingerprint density at radius 3 is 2.68 bits per heavy atom. The van der Waals surface area contributed by atoms with Crippen LogP contribution in [0.4, 0.5) is 5.69 Å². The van der Waals surface area contributed by atoms with Crippen LogP contribution in [0.3, 0.4) is 0 Å². The van der Waals surface area contributed by atoms with Gasteiger partial charge in [-0.15, -0.1) is 0 Å². The van der Waals surface area contributed by atoms with Gasteiger partial charge in [-0.3, -0.25) is 15.6 Å². The van der Waals surface area contributed by atoms with E-state index in [-0.39, 0.29) is 5.91 Å². The fourth-order valence-corrected chi connectivity index (χ4v) is 1.75. The molecule has 0 saturated heterocycles. The van der Waals surface area contributed by atoms with Crippen molar-refractivity contribution in [2.45, 2.75) is 0 Å². The second-order valence-electron chi connectivity index (χ2n) is 3.94. The largest absolute Gasteiger partial charge is 0.296 e. The Kier molecular flexibility index (Phi) is 2.82. The van der Waals surface area contributed by atoms with Crippen molar-refractivity contribution in [3.05, 3.63) is 54.1 Å². The molecule has 0 radical (unpaired) electrons. The second-order valence-corrected chi connectivity index (χ2v) is 3.94. The number of H-pyrrole nitrogens is 1. The summed E-state index contributed by atoms with van der Waals surface area (Å²) in [6, 6.07) is 14.5. The van der Waals surface area contributed by atoms with E-state index in [9.17, 15) is 4.79 Å². The highest BCUT2D eigenvalue weighted by Gasteiger charge is 2.07. The number of aromatic nitrogens is 3. The Morgan fingerprint density at radius 2 is 1.84 bits per heavy atom. The Hall–Kier alpha value is -2.89. The number of hydrogen-bond donors (Lipinski definition) is 3. The van der Waals surface area contributed by atoms with Gasteiger partial charge in [-0.25, -0.2) is 0 Å². The maximum absolute atomic E-state index is 11.9. The van der Waals surface area contributed by atoms with Gasteiger partial charge < -0.3 is 0 Å². The monoisotopic (exact) mass is 253 g/mol. The van der Waals surface area contributed by atoms with Crippen LogP contribution >= 0.6 is 0 Å². The number of hydrazine groups is 1. The molecule has 0 aliphatic carbocycles. The summed E-state index contributed by atoms with van der Waals surface area (Å²) < 4.78 is 0. The topological polar surface area (TPSA) is 82.7 Å². The molecule has 94 valence electrons. The maximum Gasteiger partial charge on any atom is 0.269 e. The van der Waals surface area contributed by atoms with Crippen LogP contribution in [-0.2, 0) is 0 Å². The van der Waals surface area contributed by atoms with Gasteiger partial charge in [0.1, 0.15) is 11.0 Å². The summed E-state index contributed by atoms with van der Waals surface area (Å²) >= 11 is 0. The Bertz CT molecular complexity index is 707. The van der Waals surface area contributed by atoms with E-state index < -0.39 is 0 Å². The van der Waals surface area contributed by atoms with Gasteiger partial charge in [0.05, 0.1) is 5.69 Å². The fraction of sp³-hybridized carbons (Fsp3) is 0. The molecule has 6 nitrogen and oxygen atoms in total. The summed E-state index contributed by atoms with van der Waals surface area (Å²) in [5.74, 6) is -0.207. The number of carbonyl (C=O) groups excluding carboxylic acids is 1. The molecule has 0 fully saturated rings. The molecule has 0 atom stereocenters. The first-order chi connectivity index (χ1) is 9.34. The number of benzene rings is 2. The lowest BCUT2D eigenvalue weighted by Crippen LogP contribution is -2.29. The molecule has 3 rings (SSSR count). The van der Waals surface area contributed by atoms with Gasteiger partial charge in [-0.1, -0.05) is 24.3 Å². The molecule has 0 aliphatic heterocycles. The van der Waals surface area contributed by atoms with Crippen molar-refractivity contribution in [3.8, 4) is 0 Å². The van der Waals surface area contributed by atoms with Crippen molar-refractivity contribution >= 4 is 22.6 Å². The molecule has 6 heteroatoms. The van der Waals surface area contributed by atoms with Gasteiger partial charge in [0.2, 0.25) is 0 Å². The lowest BCUT2D eigenvalue weighted by molar-refractivity contribution is 0.0962. The van der Waals surface area contributed by atoms with Crippen LogP contribution in [-0.4, -0.2) is 21.3 Å². The molecule has 0 saturated carbocycles. The summed E-state index contributed by atoms with van der Waals surface area (Å²) in [5, 5.41) is 10.5. The molecule has 3 aromatic rings. The summed E-state index contributed by atoms with van der Waals surface area (Å²) in [6.07, 6.45) is 0. The zero-order chi connectivity index (χ0) is 13.1. The van der Waals surface area contributed by atoms with E-state index in [2.05, 4.69) is 26.3 Å². The number of rotatable bonds is 3. The highest BCUT2D eigenvalue weighted by Crippen LogP contribution is 2.17. The van der Waals surface area contributed by atoms with Gasteiger partial charge in [0, 0.05) is 5.56 Å². The predicted molar refractivity (Wildman–Crippen MR) is 71.4 cm³/mol. The van der Waals surface area contributed by atoms with Crippen LogP contribution in [0.1, 0.15) is 10.4 Å². The summed E-state index contributed by atoms with van der Waals surface area (Å²) in [4.78, 5) is 11.9. The summed E-state index contributed by atoms with van der Waals surface area (Å²) in [6.45, 7) is 0. The number of anilines is 1. The molecule has 19 heavy (non-hydrogen) atoms. The first-order valence-corrected chi connectivity index (χ1v) is 5.75. The van der Waals surface area contributed by atoms with Crippen molar-refractivity contribution in [2.24, 2.45) is 0 Å². The lowest BCUT2D eigenvalue weighted by Gasteiger charge is -2.08. The maximum atomic E-state index is 11.9. The molecule has 1 heterocycles. The molecular weight excluding hydrogens is 242 g/mol. The first-order valence-electron chi connectivity index (χ1n) is 5.75. The van der Waals surface area contributed by atoms with Crippen molar-refractivity contribution in [2.75, 3.05) is 5.43 Å². The van der Waals surface area contributed by atoms with Crippen LogP contribution in [0.25, 0.3) is 11.0 Å². The average molecular weight is 253 g/mol. The van der Waals surface area contributed by atoms with Gasteiger partial charge in [-0.2, -0.15) is 15.4 Å². The third kappa shape index (κ3) is 2.23. The minimum absolute atomic E-state index is 0.207. The van der Waals surface area contributed by atoms with E-state index in [0.29, 0.717) is 16.8 Å². The molecule has 0 bridgehead atoms. The van der Waals surface area contributed by atoms with Crippen LogP contribution in [0.5, 0.6) is 0 Å². The quantitative estimate of drug-likeness (QED) is 0.620. The second kappa shape index (κ2) is 4.77. The van der Waals surface area contributed by atoms with Crippen LogP contribution in [0.15, 0.2) is 48.5 Å². The van der Waals surface area contributed by atoms with Crippen molar-refractivity contribution < 1.29 is 4.79 Å². The number of carbonyl (C=O) groups is 1.